The van der Waals surface area contributed by atoms with Crippen molar-refractivity contribution in [3.05, 3.63) is 17.0 Å². The van der Waals surface area contributed by atoms with Gasteiger partial charge in [0.15, 0.2) is 0 Å². The van der Waals surface area contributed by atoms with E-state index in [1.165, 1.54) is 18.9 Å². The summed E-state index contributed by atoms with van der Waals surface area (Å²) in [6.45, 7) is 1.76. The fourth-order valence-corrected chi connectivity index (χ4v) is 2.98. The maximum absolute atomic E-state index is 13.6. The second-order valence-electron chi connectivity index (χ2n) is 5.36. The van der Waals surface area contributed by atoms with Crippen molar-refractivity contribution in [3.63, 3.8) is 0 Å². The largest absolute Gasteiger partial charge is 0.481 e. The third-order valence-corrected chi connectivity index (χ3v) is 3.94. The SMILES string of the molecule is Cc1nn(C)c(C(F)(F)Cl)c1C(=O)N1CCCC(C(=O)O)C1. The summed E-state index contributed by atoms with van der Waals surface area (Å²) < 4.78 is 28.0. The van der Waals surface area contributed by atoms with Crippen LogP contribution in [0.2, 0.25) is 0 Å². The molecule has 1 atom stereocenters. The number of hydrogen-bond donors (Lipinski definition) is 1. The molecule has 122 valence electrons. The van der Waals surface area contributed by atoms with Crippen molar-refractivity contribution in [1.29, 1.82) is 0 Å². The topological polar surface area (TPSA) is 75.4 Å². The first-order valence-corrected chi connectivity index (χ1v) is 7.13. The number of aromatic nitrogens is 2. The second-order valence-corrected chi connectivity index (χ2v) is 5.83. The Balaban J connectivity index is 2.36. The Hall–Kier alpha value is -1.70. The molecule has 22 heavy (non-hydrogen) atoms. The van der Waals surface area contributed by atoms with Crippen LogP contribution >= 0.6 is 11.6 Å². The highest BCUT2D eigenvalue weighted by Crippen LogP contribution is 2.36. The van der Waals surface area contributed by atoms with Gasteiger partial charge >= 0.3 is 11.4 Å². The molecular weight excluding hydrogens is 320 g/mol. The van der Waals surface area contributed by atoms with E-state index in [0.29, 0.717) is 19.4 Å². The van der Waals surface area contributed by atoms with Gasteiger partial charge in [0.25, 0.3) is 5.91 Å². The molecule has 0 aromatic carbocycles. The summed E-state index contributed by atoms with van der Waals surface area (Å²) in [7, 11) is 1.28. The Morgan fingerprint density at radius 1 is 1.45 bits per heavy atom. The molecule has 6 nitrogen and oxygen atoms in total. The van der Waals surface area contributed by atoms with Crippen LogP contribution in [0, 0.1) is 12.8 Å². The Morgan fingerprint density at radius 2 is 2.09 bits per heavy atom. The van der Waals surface area contributed by atoms with Crippen molar-refractivity contribution >= 4 is 23.5 Å². The zero-order valence-corrected chi connectivity index (χ0v) is 12.9. The monoisotopic (exact) mass is 335 g/mol. The zero-order chi connectivity index (χ0) is 16.7. The number of carboxylic acid groups (broad SMARTS) is 1. The van der Waals surface area contributed by atoms with Crippen molar-refractivity contribution in [2.45, 2.75) is 25.1 Å². The molecule has 0 bridgehead atoms. The number of carbonyl (C=O) groups is 2. The lowest BCUT2D eigenvalue weighted by Gasteiger charge is -2.31. The first-order chi connectivity index (χ1) is 10.1. The van der Waals surface area contributed by atoms with E-state index in [2.05, 4.69) is 5.10 Å². The number of hydrogen-bond acceptors (Lipinski definition) is 3. The van der Waals surface area contributed by atoms with Gasteiger partial charge in [0.2, 0.25) is 0 Å². The van der Waals surface area contributed by atoms with Gasteiger partial charge < -0.3 is 10.0 Å². The van der Waals surface area contributed by atoms with Crippen LogP contribution in [-0.4, -0.2) is 44.8 Å². The molecule has 2 rings (SSSR count). The number of rotatable bonds is 3. The normalized spacial score (nSPS) is 19.3. The zero-order valence-electron chi connectivity index (χ0n) is 12.1. The number of aryl methyl sites for hydroxylation is 2. The molecule has 1 aromatic rings. The van der Waals surface area contributed by atoms with Crippen LogP contribution in [0.1, 0.15) is 34.6 Å². The fourth-order valence-electron chi connectivity index (χ4n) is 2.76. The smallest absolute Gasteiger partial charge is 0.365 e. The predicted octanol–water partition coefficient (Wildman–Crippen LogP) is 1.95. The standard InChI is InChI=1S/C13H16ClF2N3O3/c1-7-9(10(13(14,15)16)18(2)17-7)11(20)19-5-3-4-8(6-19)12(21)22/h8H,3-6H2,1-2H3,(H,21,22). The molecule has 0 radical (unpaired) electrons. The van der Waals surface area contributed by atoms with Crippen molar-refractivity contribution in [2.24, 2.45) is 13.0 Å². The Bertz CT molecular complexity index is 612. The maximum atomic E-state index is 13.6. The van der Waals surface area contributed by atoms with Crippen LogP contribution in [0.25, 0.3) is 0 Å². The van der Waals surface area contributed by atoms with Crippen LogP contribution in [0.3, 0.4) is 0 Å². The van der Waals surface area contributed by atoms with E-state index >= 15 is 0 Å². The highest BCUT2D eigenvalue weighted by molar-refractivity contribution is 6.22. The van der Waals surface area contributed by atoms with E-state index in [1.54, 1.807) is 0 Å². The molecule has 1 N–H and O–H groups in total. The average Bonchev–Trinajstić information content (AvgIpc) is 2.72. The number of piperidine rings is 1. The van der Waals surface area contributed by atoms with Crippen molar-refractivity contribution in [3.8, 4) is 0 Å². The minimum absolute atomic E-state index is 0.00417. The lowest BCUT2D eigenvalue weighted by atomic mass is 9.97. The second kappa shape index (κ2) is 5.83. The van der Waals surface area contributed by atoms with Crippen molar-refractivity contribution in [2.75, 3.05) is 13.1 Å². The summed E-state index contributed by atoms with van der Waals surface area (Å²) in [5.41, 5.74) is -0.789. The lowest BCUT2D eigenvalue weighted by Crippen LogP contribution is -2.43. The molecule has 9 heteroatoms. The molecular formula is C13H16ClF2N3O3. The Labute approximate surface area is 130 Å². The molecule has 1 saturated heterocycles. The van der Waals surface area contributed by atoms with Gasteiger partial charge in [-0.1, -0.05) is 0 Å². The Morgan fingerprint density at radius 3 is 2.64 bits per heavy atom. The van der Waals surface area contributed by atoms with E-state index in [9.17, 15) is 18.4 Å². The van der Waals surface area contributed by atoms with Crippen LogP contribution < -0.4 is 0 Å². The van der Waals surface area contributed by atoms with Gasteiger partial charge in [-0.05, 0) is 31.4 Å². The fraction of sp³-hybridized carbons (Fsp3) is 0.615. The summed E-state index contributed by atoms with van der Waals surface area (Å²) in [4.78, 5) is 24.9. The van der Waals surface area contributed by atoms with Crippen LogP contribution in [0.15, 0.2) is 0 Å². The summed E-state index contributed by atoms with van der Waals surface area (Å²) in [5, 5.41) is 9.16. The van der Waals surface area contributed by atoms with Crippen LogP contribution in [0.5, 0.6) is 0 Å². The molecule has 0 spiro atoms. The number of alkyl halides is 3. The molecule has 1 aliphatic rings. The number of nitrogens with zero attached hydrogens (tertiary/aromatic N) is 3. The molecule has 0 aliphatic carbocycles. The van der Waals surface area contributed by atoms with E-state index < -0.39 is 28.9 Å². The number of amides is 1. The Kier molecular flexibility index (Phi) is 4.42. The van der Waals surface area contributed by atoms with Crippen molar-refractivity contribution < 1.29 is 23.5 Å². The third kappa shape index (κ3) is 3.06. The molecule has 2 heterocycles. The van der Waals surface area contributed by atoms with Gasteiger partial charge in [-0.25, -0.2) is 0 Å². The van der Waals surface area contributed by atoms with E-state index in [4.69, 9.17) is 16.7 Å². The summed E-state index contributed by atoms with van der Waals surface area (Å²) in [6, 6.07) is 0. The minimum Gasteiger partial charge on any atom is -0.481 e. The number of carboxylic acids is 1. The van der Waals surface area contributed by atoms with Gasteiger partial charge in [-0.3, -0.25) is 14.3 Å². The number of halogens is 3. The minimum atomic E-state index is -3.73. The highest BCUT2D eigenvalue weighted by atomic mass is 35.5. The van der Waals surface area contributed by atoms with Gasteiger partial charge in [0.05, 0.1) is 17.2 Å². The lowest BCUT2D eigenvalue weighted by molar-refractivity contribution is -0.143. The first-order valence-electron chi connectivity index (χ1n) is 6.75. The maximum Gasteiger partial charge on any atom is 0.365 e. The van der Waals surface area contributed by atoms with E-state index in [0.717, 1.165) is 4.68 Å². The van der Waals surface area contributed by atoms with Crippen molar-refractivity contribution in [1.82, 2.24) is 14.7 Å². The summed E-state index contributed by atoms with van der Waals surface area (Å²) in [5.74, 6) is -2.34. The molecule has 1 fully saturated rings. The number of carbonyl (C=O) groups excluding carboxylic acids is 1. The molecule has 1 aliphatic heterocycles. The van der Waals surface area contributed by atoms with Gasteiger partial charge in [0.1, 0.15) is 5.69 Å². The quantitative estimate of drug-likeness (QED) is 0.857. The molecule has 1 aromatic heterocycles. The number of likely N-dealkylation sites (tertiary alicyclic amines) is 1. The van der Waals surface area contributed by atoms with Crippen LogP contribution in [-0.2, 0) is 17.2 Å². The van der Waals surface area contributed by atoms with Gasteiger partial charge in [-0.2, -0.15) is 13.9 Å². The van der Waals surface area contributed by atoms with Gasteiger partial charge in [0, 0.05) is 20.1 Å². The summed E-state index contributed by atoms with van der Waals surface area (Å²) in [6.07, 6.45) is 0.971. The summed E-state index contributed by atoms with van der Waals surface area (Å²) >= 11 is 5.09. The molecule has 0 saturated carbocycles. The predicted molar refractivity (Wildman–Crippen MR) is 74.0 cm³/mol. The molecule has 1 unspecified atom stereocenters. The van der Waals surface area contributed by atoms with Gasteiger partial charge in [-0.15, -0.1) is 0 Å². The highest BCUT2D eigenvalue weighted by Gasteiger charge is 2.40. The average molecular weight is 336 g/mol. The number of aliphatic carboxylic acids is 1. The molecule has 1 amide bonds. The first kappa shape index (κ1) is 16.7. The van der Waals surface area contributed by atoms with Crippen LogP contribution in [0.4, 0.5) is 8.78 Å². The third-order valence-electron chi connectivity index (χ3n) is 3.76. The van der Waals surface area contributed by atoms with E-state index in [1.807, 2.05) is 0 Å². The van der Waals surface area contributed by atoms with E-state index in [-0.39, 0.29) is 17.8 Å².